The average molecular weight is 472 g/mol. The van der Waals surface area contributed by atoms with Crippen molar-refractivity contribution >= 4 is 22.7 Å². The number of nitriles is 1. The molecule has 1 amide bonds. The van der Waals surface area contributed by atoms with Crippen LogP contribution in [0.25, 0.3) is 22.2 Å². The molecule has 1 aliphatic heterocycles. The second-order valence-electron chi connectivity index (χ2n) is 9.87. The van der Waals surface area contributed by atoms with Crippen LogP contribution in [0.2, 0.25) is 0 Å². The molecule has 3 aliphatic rings. The lowest BCUT2D eigenvalue weighted by atomic mass is 10.1. The summed E-state index contributed by atoms with van der Waals surface area (Å²) in [5.41, 5.74) is 4.23. The fourth-order valence-electron chi connectivity index (χ4n) is 4.96. The monoisotopic (exact) mass is 471 g/mol. The number of nitrogens with one attached hydrogen (secondary N) is 1. The Morgan fingerprint density at radius 2 is 1.94 bits per heavy atom. The van der Waals surface area contributed by atoms with Crippen molar-refractivity contribution in [2.75, 3.05) is 18.5 Å². The summed E-state index contributed by atoms with van der Waals surface area (Å²) in [6.07, 6.45) is 4.92. The first-order valence-corrected chi connectivity index (χ1v) is 12.5. The van der Waals surface area contributed by atoms with Crippen LogP contribution in [0.15, 0.2) is 42.5 Å². The van der Waals surface area contributed by atoms with E-state index in [0.717, 1.165) is 66.6 Å². The normalized spacial score (nSPS) is 20.4. The van der Waals surface area contributed by atoms with Crippen LogP contribution in [-0.4, -0.2) is 36.1 Å². The lowest BCUT2D eigenvalue weighted by molar-refractivity contribution is 0.108. The number of aromatic nitrogens is 1. The molecule has 3 aromatic rings. The Bertz CT molecular complexity index is 1290. The number of ether oxygens (including phenoxy) is 3. The molecule has 2 aromatic carbocycles. The lowest BCUT2D eigenvalue weighted by Gasteiger charge is -2.14. The number of rotatable bonds is 7. The molecule has 7 heteroatoms. The summed E-state index contributed by atoms with van der Waals surface area (Å²) in [5, 5.41) is 13.9. The van der Waals surface area contributed by atoms with Gasteiger partial charge in [-0.3, -0.25) is 5.32 Å². The predicted octanol–water partition coefficient (Wildman–Crippen LogP) is 6.03. The molecular formula is C28H29N3O4. The Morgan fingerprint density at radius 1 is 1.14 bits per heavy atom. The Hall–Kier alpha value is -3.50. The van der Waals surface area contributed by atoms with Gasteiger partial charge in [-0.15, -0.1) is 0 Å². The quantitative estimate of drug-likeness (QED) is 0.455. The van der Waals surface area contributed by atoms with Crippen LogP contribution < -0.4 is 10.1 Å². The number of hydrogen-bond donors (Lipinski definition) is 1. The van der Waals surface area contributed by atoms with Crippen molar-refractivity contribution in [1.82, 2.24) is 4.57 Å². The maximum atomic E-state index is 12.2. The number of fused-ring (bicyclic) bond motifs is 1. The maximum absolute atomic E-state index is 12.2. The van der Waals surface area contributed by atoms with E-state index in [2.05, 4.69) is 22.0 Å². The van der Waals surface area contributed by atoms with Crippen molar-refractivity contribution in [3.8, 4) is 23.1 Å². The third kappa shape index (κ3) is 4.46. The van der Waals surface area contributed by atoms with Crippen LogP contribution in [0.5, 0.6) is 5.75 Å². The number of nitrogens with zero attached hydrogens (tertiary/aromatic N) is 2. The van der Waals surface area contributed by atoms with Crippen LogP contribution in [0.4, 0.5) is 10.5 Å². The summed E-state index contributed by atoms with van der Waals surface area (Å²) in [5.74, 6) is 1.30. The first-order chi connectivity index (χ1) is 17.1. The van der Waals surface area contributed by atoms with Crippen LogP contribution in [0.3, 0.4) is 0 Å². The summed E-state index contributed by atoms with van der Waals surface area (Å²) in [7, 11) is 0. The molecule has 0 bridgehead atoms. The molecule has 2 heterocycles. The number of carbonyl (C=O) groups excluding carboxylic acids is 1. The molecule has 3 fully saturated rings. The highest BCUT2D eigenvalue weighted by Gasteiger charge is 2.32. The van der Waals surface area contributed by atoms with E-state index in [1.807, 2.05) is 43.3 Å². The highest BCUT2D eigenvalue weighted by atomic mass is 16.6. The summed E-state index contributed by atoms with van der Waals surface area (Å²) in [6.45, 7) is 3.29. The smallest absolute Gasteiger partial charge is 0.411 e. The Balaban J connectivity index is 1.30. The molecule has 180 valence electrons. The van der Waals surface area contributed by atoms with E-state index in [1.165, 1.54) is 0 Å². The van der Waals surface area contributed by atoms with Gasteiger partial charge in [-0.25, -0.2) is 4.79 Å². The first-order valence-electron chi connectivity index (χ1n) is 12.5. The predicted molar refractivity (Wildman–Crippen MR) is 133 cm³/mol. The minimum Gasteiger partial charge on any atom is -0.488 e. The Kier molecular flexibility index (Phi) is 5.62. The van der Waals surface area contributed by atoms with Gasteiger partial charge in [0.2, 0.25) is 0 Å². The standard InChI is InChI=1S/C28H29N3O4/c1-17(18-2-3-18)34-28(32)30-20-6-4-19(5-7-20)27-25(15-29)24-11-10-22(35-23-12-13-33-16-23)14-26(24)31(27)21-8-9-21/h4-7,10-11,14,17-18,21,23H,2-3,8-9,12-13,16H2,1H3,(H,30,32)/t17-,23-/m1/s1. The largest absolute Gasteiger partial charge is 0.488 e. The summed E-state index contributed by atoms with van der Waals surface area (Å²) in [4.78, 5) is 12.2. The fraction of sp³-hybridized carbons (Fsp3) is 0.429. The van der Waals surface area contributed by atoms with Crippen LogP contribution in [0, 0.1) is 17.2 Å². The van der Waals surface area contributed by atoms with Gasteiger partial charge in [0.25, 0.3) is 0 Å². The van der Waals surface area contributed by atoms with E-state index in [1.54, 1.807) is 0 Å². The zero-order valence-corrected chi connectivity index (χ0v) is 19.8. The van der Waals surface area contributed by atoms with Crippen molar-refractivity contribution in [2.24, 2.45) is 5.92 Å². The Morgan fingerprint density at radius 3 is 2.60 bits per heavy atom. The highest BCUT2D eigenvalue weighted by Crippen LogP contribution is 2.45. The third-order valence-electron chi connectivity index (χ3n) is 7.17. The van der Waals surface area contributed by atoms with Crippen molar-refractivity contribution in [2.45, 2.75) is 57.3 Å². The van der Waals surface area contributed by atoms with E-state index in [-0.39, 0.29) is 12.2 Å². The highest BCUT2D eigenvalue weighted by molar-refractivity contribution is 5.96. The van der Waals surface area contributed by atoms with Crippen molar-refractivity contribution in [1.29, 1.82) is 5.26 Å². The summed E-state index contributed by atoms with van der Waals surface area (Å²) >= 11 is 0. The molecule has 0 spiro atoms. The molecule has 1 saturated heterocycles. The summed E-state index contributed by atoms with van der Waals surface area (Å²) in [6, 6.07) is 16.5. The minimum atomic E-state index is -0.429. The van der Waals surface area contributed by atoms with Gasteiger partial charge in [0.15, 0.2) is 0 Å². The zero-order valence-electron chi connectivity index (χ0n) is 19.8. The molecule has 1 aromatic heterocycles. The molecule has 2 aliphatic carbocycles. The Labute approximate surface area is 204 Å². The number of carbonyl (C=O) groups is 1. The van der Waals surface area contributed by atoms with E-state index in [9.17, 15) is 10.1 Å². The van der Waals surface area contributed by atoms with Crippen LogP contribution in [-0.2, 0) is 9.47 Å². The van der Waals surface area contributed by atoms with Gasteiger partial charge in [0.1, 0.15) is 24.0 Å². The second kappa shape index (κ2) is 8.94. The molecular weight excluding hydrogens is 442 g/mol. The molecule has 7 nitrogen and oxygen atoms in total. The van der Waals surface area contributed by atoms with Crippen LogP contribution in [0.1, 0.15) is 50.6 Å². The number of hydrogen-bond acceptors (Lipinski definition) is 5. The molecule has 2 atom stereocenters. The van der Waals surface area contributed by atoms with Gasteiger partial charge < -0.3 is 18.8 Å². The number of anilines is 1. The lowest BCUT2D eigenvalue weighted by Crippen LogP contribution is -2.21. The number of benzene rings is 2. The van der Waals surface area contributed by atoms with Crippen molar-refractivity contribution in [3.63, 3.8) is 0 Å². The van der Waals surface area contributed by atoms with Gasteiger partial charge >= 0.3 is 6.09 Å². The SMILES string of the molecule is C[C@@H](OC(=O)Nc1ccc(-c2c(C#N)c3ccc(O[C@@H]4CCOC4)cc3n2C2CC2)cc1)C1CC1. The van der Waals surface area contributed by atoms with E-state index < -0.39 is 6.09 Å². The average Bonchev–Trinajstić information content (AvgIpc) is 3.79. The molecule has 2 saturated carbocycles. The first kappa shape index (κ1) is 22.0. The van der Waals surface area contributed by atoms with Gasteiger partial charge in [-0.2, -0.15) is 5.26 Å². The maximum Gasteiger partial charge on any atom is 0.411 e. The second-order valence-corrected chi connectivity index (χ2v) is 9.87. The fourth-order valence-corrected chi connectivity index (χ4v) is 4.96. The number of amides is 1. The molecule has 0 unspecified atom stereocenters. The van der Waals surface area contributed by atoms with E-state index >= 15 is 0 Å². The van der Waals surface area contributed by atoms with Gasteiger partial charge in [-0.05, 0) is 68.4 Å². The van der Waals surface area contributed by atoms with E-state index in [0.29, 0.717) is 29.8 Å². The van der Waals surface area contributed by atoms with Crippen molar-refractivity contribution < 1.29 is 19.0 Å². The summed E-state index contributed by atoms with van der Waals surface area (Å²) < 4.78 is 19.4. The van der Waals surface area contributed by atoms with Gasteiger partial charge in [0.05, 0.1) is 30.0 Å². The molecule has 6 rings (SSSR count). The zero-order chi connectivity index (χ0) is 23.9. The minimum absolute atomic E-state index is 0.0585. The molecule has 1 N–H and O–H groups in total. The van der Waals surface area contributed by atoms with Crippen molar-refractivity contribution in [3.05, 3.63) is 48.0 Å². The van der Waals surface area contributed by atoms with Crippen LogP contribution >= 0.6 is 0 Å². The third-order valence-corrected chi connectivity index (χ3v) is 7.17. The molecule has 0 radical (unpaired) electrons. The van der Waals surface area contributed by atoms with E-state index in [4.69, 9.17) is 14.2 Å². The van der Waals surface area contributed by atoms with Gasteiger partial charge in [0, 0.05) is 29.6 Å². The molecule has 35 heavy (non-hydrogen) atoms. The van der Waals surface area contributed by atoms with Gasteiger partial charge in [-0.1, -0.05) is 12.1 Å². The topological polar surface area (TPSA) is 85.5 Å².